The lowest BCUT2D eigenvalue weighted by molar-refractivity contribution is 0.0516. The van der Waals surface area contributed by atoms with Crippen molar-refractivity contribution in [3.8, 4) is 34.4 Å². The van der Waals surface area contributed by atoms with Crippen molar-refractivity contribution < 1.29 is 23.8 Å². The average Bonchev–Trinajstić information content (AvgIpc) is 3.66. The molecule has 224 valence electrons. The Kier molecular flexibility index (Phi) is 8.13. The molecule has 0 saturated carbocycles. The number of hydrogen-bond acceptors (Lipinski definition) is 10. The number of amides is 1. The van der Waals surface area contributed by atoms with E-state index in [2.05, 4.69) is 25.5 Å². The maximum absolute atomic E-state index is 12.2. The average molecular weight is 603 g/mol. The van der Waals surface area contributed by atoms with Crippen molar-refractivity contribution in [1.82, 2.24) is 29.5 Å². The van der Waals surface area contributed by atoms with Gasteiger partial charge in [-0.25, -0.2) is 14.2 Å². The maximum Gasteiger partial charge on any atom is 0.362 e. The molecule has 4 aromatic heterocycles. The van der Waals surface area contributed by atoms with E-state index in [0.29, 0.717) is 34.3 Å². The summed E-state index contributed by atoms with van der Waals surface area (Å²) in [4.78, 5) is 32.5. The third-order valence-corrected chi connectivity index (χ3v) is 6.36. The molecule has 0 fully saturated rings. The van der Waals surface area contributed by atoms with Crippen LogP contribution in [0.2, 0.25) is 0 Å². The Morgan fingerprint density at radius 1 is 0.844 bits per heavy atom. The van der Waals surface area contributed by atoms with Crippen molar-refractivity contribution in [2.45, 2.75) is 6.92 Å². The number of fused-ring (bicyclic) bond motifs is 2. The van der Waals surface area contributed by atoms with Crippen molar-refractivity contribution in [2.24, 2.45) is 0 Å². The molecule has 2 aromatic carbocycles. The highest BCUT2D eigenvalue weighted by Crippen LogP contribution is 2.35. The van der Waals surface area contributed by atoms with Gasteiger partial charge in [-0.3, -0.25) is 14.8 Å². The van der Waals surface area contributed by atoms with Gasteiger partial charge in [0.15, 0.2) is 28.7 Å². The standard InChI is InChI=1S/C17H16N4O3.C15H10N4O2/c1-2-23-17(22)16-15(24-14-8-4-3-7-13(14)18)11-21(20-16)12-6-5-9-19-10-12;20-15-14-13(21-12-6-2-1-5-11(12)17-15)9-19(18-14)10-4-3-7-16-8-10/h3-11H,2,18H2,1H3;1-9H,(H,17,20). The summed E-state index contributed by atoms with van der Waals surface area (Å²) in [5.41, 5.74) is 8.76. The lowest BCUT2D eigenvalue weighted by Gasteiger charge is -2.07. The number of nitrogen functional groups attached to an aromatic ring is 1. The van der Waals surface area contributed by atoms with E-state index >= 15 is 0 Å². The summed E-state index contributed by atoms with van der Waals surface area (Å²) >= 11 is 0. The number of carbonyl (C=O) groups excluding carboxylic acids is 2. The van der Waals surface area contributed by atoms with Crippen molar-refractivity contribution >= 4 is 23.3 Å². The van der Waals surface area contributed by atoms with Crippen molar-refractivity contribution in [3.63, 3.8) is 0 Å². The summed E-state index contributed by atoms with van der Waals surface area (Å²) in [5, 5.41) is 11.3. The number of nitrogens with two attached hydrogens (primary N) is 1. The molecule has 13 nitrogen and oxygen atoms in total. The summed E-state index contributed by atoms with van der Waals surface area (Å²) < 4.78 is 19.7. The van der Waals surface area contributed by atoms with Gasteiger partial charge in [0.05, 0.1) is 54.1 Å². The molecular weight excluding hydrogens is 576 g/mol. The molecular formula is C32H26N8O5. The Morgan fingerprint density at radius 3 is 2.22 bits per heavy atom. The number of carbonyl (C=O) groups is 2. The summed E-state index contributed by atoms with van der Waals surface area (Å²) in [5.74, 6) is 0.850. The van der Waals surface area contributed by atoms with Gasteiger partial charge in [-0.2, -0.15) is 10.2 Å². The zero-order chi connectivity index (χ0) is 31.2. The van der Waals surface area contributed by atoms with Crippen LogP contribution in [0.4, 0.5) is 11.4 Å². The quantitative estimate of drug-likeness (QED) is 0.185. The Bertz CT molecular complexity index is 1960. The van der Waals surface area contributed by atoms with Crippen LogP contribution < -0.4 is 20.5 Å². The van der Waals surface area contributed by atoms with Gasteiger partial charge in [-0.05, 0) is 55.5 Å². The number of nitrogens with zero attached hydrogens (tertiary/aromatic N) is 6. The van der Waals surface area contributed by atoms with Crippen molar-refractivity contribution in [3.05, 3.63) is 121 Å². The van der Waals surface area contributed by atoms with Gasteiger partial charge in [0.25, 0.3) is 5.91 Å². The smallest absolute Gasteiger partial charge is 0.362 e. The number of benzene rings is 2. The fourth-order valence-corrected chi connectivity index (χ4v) is 4.26. The van der Waals surface area contributed by atoms with Gasteiger partial charge in [0.2, 0.25) is 5.69 Å². The maximum atomic E-state index is 12.2. The van der Waals surface area contributed by atoms with E-state index in [0.717, 1.165) is 5.69 Å². The molecule has 5 heterocycles. The number of para-hydroxylation sites is 4. The first-order chi connectivity index (χ1) is 22.0. The van der Waals surface area contributed by atoms with E-state index in [-0.39, 0.29) is 29.7 Å². The molecule has 0 saturated heterocycles. The van der Waals surface area contributed by atoms with Crippen LogP contribution in [-0.4, -0.2) is 48.0 Å². The van der Waals surface area contributed by atoms with Crippen LogP contribution in [0.1, 0.15) is 27.9 Å². The largest absolute Gasteiger partial charge is 0.461 e. The summed E-state index contributed by atoms with van der Waals surface area (Å²) in [6.45, 7) is 1.97. The molecule has 1 aliphatic heterocycles. The Labute approximate surface area is 256 Å². The van der Waals surface area contributed by atoms with Crippen LogP contribution >= 0.6 is 0 Å². The predicted octanol–water partition coefficient (Wildman–Crippen LogP) is 5.44. The van der Waals surface area contributed by atoms with Crippen molar-refractivity contribution in [2.75, 3.05) is 17.7 Å². The van der Waals surface area contributed by atoms with Crippen LogP contribution in [-0.2, 0) is 4.74 Å². The monoisotopic (exact) mass is 602 g/mol. The minimum atomic E-state index is -0.565. The van der Waals surface area contributed by atoms with Crippen LogP contribution in [0.3, 0.4) is 0 Å². The van der Waals surface area contributed by atoms with Crippen LogP contribution in [0.5, 0.6) is 23.0 Å². The van der Waals surface area contributed by atoms with Crippen molar-refractivity contribution in [1.29, 1.82) is 0 Å². The lowest BCUT2D eigenvalue weighted by atomic mass is 10.3. The Morgan fingerprint density at radius 2 is 1.53 bits per heavy atom. The van der Waals surface area contributed by atoms with E-state index in [4.69, 9.17) is 19.9 Å². The van der Waals surface area contributed by atoms with Crippen LogP contribution in [0.25, 0.3) is 11.4 Å². The highest BCUT2D eigenvalue weighted by molar-refractivity contribution is 6.06. The number of pyridine rings is 2. The minimum Gasteiger partial charge on any atom is -0.461 e. The fraction of sp³-hybridized carbons (Fsp3) is 0.0625. The SMILES string of the molecule is CCOC(=O)c1nn(-c2cccnc2)cc1Oc1ccccc1N.O=C1Nc2ccccc2Oc2cn(-c3cccnc3)nc21. The number of hydrogen-bond donors (Lipinski definition) is 2. The van der Waals surface area contributed by atoms with Crippen LogP contribution in [0, 0.1) is 0 Å². The molecule has 0 bridgehead atoms. The fourth-order valence-electron chi connectivity index (χ4n) is 4.26. The molecule has 0 unspecified atom stereocenters. The number of esters is 1. The second-order valence-corrected chi connectivity index (χ2v) is 9.41. The van der Waals surface area contributed by atoms with E-state index < -0.39 is 5.97 Å². The highest BCUT2D eigenvalue weighted by atomic mass is 16.5. The first kappa shape index (κ1) is 28.6. The van der Waals surface area contributed by atoms with Gasteiger partial charge in [-0.1, -0.05) is 24.3 Å². The second-order valence-electron chi connectivity index (χ2n) is 9.41. The van der Waals surface area contributed by atoms with Gasteiger partial charge in [-0.15, -0.1) is 0 Å². The Hall–Kier alpha value is -6.50. The molecule has 0 aliphatic carbocycles. The Balaban J connectivity index is 0.000000160. The van der Waals surface area contributed by atoms with Gasteiger partial charge in [0, 0.05) is 12.4 Å². The van der Waals surface area contributed by atoms with Gasteiger partial charge < -0.3 is 25.3 Å². The number of anilines is 2. The topological polar surface area (TPSA) is 161 Å². The molecule has 6 aromatic rings. The summed E-state index contributed by atoms with van der Waals surface area (Å²) in [6, 6.07) is 21.5. The molecule has 1 amide bonds. The molecule has 7 rings (SSSR count). The summed E-state index contributed by atoms with van der Waals surface area (Å²) in [7, 11) is 0. The first-order valence-electron chi connectivity index (χ1n) is 13.8. The summed E-state index contributed by atoms with van der Waals surface area (Å²) in [6.07, 6.45) is 9.89. The highest BCUT2D eigenvalue weighted by Gasteiger charge is 2.25. The van der Waals surface area contributed by atoms with Gasteiger partial charge >= 0.3 is 5.97 Å². The minimum absolute atomic E-state index is 0.0731. The van der Waals surface area contributed by atoms with Crippen LogP contribution in [0.15, 0.2) is 110 Å². The van der Waals surface area contributed by atoms with E-state index in [1.165, 1.54) is 4.68 Å². The third kappa shape index (κ3) is 6.32. The third-order valence-electron chi connectivity index (χ3n) is 6.36. The van der Waals surface area contributed by atoms with Gasteiger partial charge in [0.1, 0.15) is 0 Å². The predicted molar refractivity (Wildman–Crippen MR) is 164 cm³/mol. The molecule has 0 spiro atoms. The number of rotatable bonds is 6. The zero-order valence-electron chi connectivity index (χ0n) is 23.9. The molecule has 45 heavy (non-hydrogen) atoms. The lowest BCUT2D eigenvalue weighted by Crippen LogP contribution is -2.12. The molecule has 13 heteroatoms. The normalized spacial score (nSPS) is 11.4. The first-order valence-corrected chi connectivity index (χ1v) is 13.8. The molecule has 1 aliphatic rings. The zero-order valence-corrected chi connectivity index (χ0v) is 23.9. The number of ether oxygens (including phenoxy) is 3. The van der Waals surface area contributed by atoms with E-state index in [1.807, 2.05) is 24.3 Å². The number of aromatic nitrogens is 6. The van der Waals surface area contributed by atoms with E-state index in [9.17, 15) is 9.59 Å². The molecule has 0 radical (unpaired) electrons. The second kappa shape index (κ2) is 12.8. The van der Waals surface area contributed by atoms with E-state index in [1.54, 1.807) is 97.3 Å². The molecule has 0 atom stereocenters. The molecule has 3 N–H and O–H groups in total. The number of nitrogens with one attached hydrogen (secondary N) is 1.